The van der Waals surface area contributed by atoms with Crippen LogP contribution >= 0.6 is 0 Å². The number of hydrogen-bond donors (Lipinski definition) is 1. The van der Waals surface area contributed by atoms with E-state index in [0.29, 0.717) is 11.6 Å². The molecule has 0 aliphatic carbocycles. The van der Waals surface area contributed by atoms with Gasteiger partial charge in [0.15, 0.2) is 0 Å². The molecule has 2 fully saturated rings. The molecule has 0 radical (unpaired) electrons. The summed E-state index contributed by atoms with van der Waals surface area (Å²) in [5.74, 6) is 0. The number of piperidine rings is 1. The summed E-state index contributed by atoms with van der Waals surface area (Å²) in [6.07, 6.45) is 6.11. The Hall–Kier alpha value is -1.50. The lowest BCUT2D eigenvalue weighted by atomic mass is 10.00. The van der Waals surface area contributed by atoms with Gasteiger partial charge in [0.1, 0.15) is 4.90 Å². The van der Waals surface area contributed by atoms with E-state index < -0.39 is 10.0 Å². The molecule has 0 saturated carbocycles. The van der Waals surface area contributed by atoms with Crippen LogP contribution in [-0.2, 0) is 10.0 Å². The van der Waals surface area contributed by atoms with Crippen molar-refractivity contribution in [1.29, 1.82) is 0 Å². The Bertz CT molecular complexity index is 866. The quantitative estimate of drug-likeness (QED) is 0.928. The van der Waals surface area contributed by atoms with E-state index in [2.05, 4.69) is 14.6 Å². The fourth-order valence-electron chi connectivity index (χ4n) is 4.11. The highest BCUT2D eigenvalue weighted by molar-refractivity contribution is 7.89. The number of aryl methyl sites for hydroxylation is 1. The molecule has 0 amide bonds. The van der Waals surface area contributed by atoms with E-state index in [0.717, 1.165) is 36.9 Å². The molecule has 2 aliphatic heterocycles. The van der Waals surface area contributed by atoms with E-state index in [9.17, 15) is 8.42 Å². The zero-order valence-corrected chi connectivity index (χ0v) is 14.7. The lowest BCUT2D eigenvalue weighted by molar-refractivity contribution is 0.186. The molecular weight excluding hydrogens is 322 g/mol. The van der Waals surface area contributed by atoms with E-state index in [-0.39, 0.29) is 10.9 Å². The standard InChI is InChI=1S/C18H23N3O2S/c1-13-11-14-5-4-7-17(18(14)19-12-13)24(22,23)20-15-8-10-21-9-3-2-6-16(15)21/h4-5,7,11-12,15-16,20H,2-3,6,8-10H2,1H3/t15-,16-/m0/s1. The Balaban J connectivity index is 1.66. The second kappa shape index (κ2) is 6.10. The van der Waals surface area contributed by atoms with Crippen LogP contribution in [0.3, 0.4) is 0 Å². The van der Waals surface area contributed by atoms with Crippen molar-refractivity contribution in [1.82, 2.24) is 14.6 Å². The molecule has 3 heterocycles. The highest BCUT2D eigenvalue weighted by Crippen LogP contribution is 2.29. The van der Waals surface area contributed by atoms with Crippen LogP contribution in [0.1, 0.15) is 31.2 Å². The molecule has 4 rings (SSSR count). The number of sulfonamides is 1. The summed E-state index contributed by atoms with van der Waals surface area (Å²) in [7, 11) is -3.57. The van der Waals surface area contributed by atoms with Crippen molar-refractivity contribution >= 4 is 20.9 Å². The molecule has 1 N–H and O–H groups in total. The summed E-state index contributed by atoms with van der Waals surface area (Å²) in [6, 6.07) is 7.68. The fraction of sp³-hybridized carbons (Fsp3) is 0.500. The van der Waals surface area contributed by atoms with Gasteiger partial charge in [-0.15, -0.1) is 0 Å². The average molecular weight is 345 g/mol. The molecule has 1 aromatic carbocycles. The van der Waals surface area contributed by atoms with E-state index in [1.54, 1.807) is 18.3 Å². The van der Waals surface area contributed by atoms with E-state index in [4.69, 9.17) is 0 Å². The molecule has 2 aliphatic rings. The summed E-state index contributed by atoms with van der Waals surface area (Å²) in [6.45, 7) is 4.05. The Morgan fingerprint density at radius 3 is 2.96 bits per heavy atom. The molecule has 0 bridgehead atoms. The SMILES string of the molecule is Cc1cnc2c(S(=O)(=O)N[C@H]3CCN4CCCC[C@@H]34)cccc2c1. The van der Waals surface area contributed by atoms with Crippen molar-refractivity contribution in [3.05, 3.63) is 36.0 Å². The second-order valence-corrected chi connectivity index (χ2v) is 8.64. The number of rotatable bonds is 3. The first-order valence-corrected chi connectivity index (χ1v) is 10.1. The van der Waals surface area contributed by atoms with Crippen molar-refractivity contribution in [2.45, 2.75) is 49.6 Å². The summed E-state index contributed by atoms with van der Waals surface area (Å²) in [5.41, 5.74) is 1.58. The molecule has 128 valence electrons. The third-order valence-electron chi connectivity index (χ3n) is 5.26. The van der Waals surface area contributed by atoms with Crippen molar-refractivity contribution in [3.8, 4) is 0 Å². The van der Waals surface area contributed by atoms with Gasteiger partial charge in [-0.1, -0.05) is 18.6 Å². The molecule has 24 heavy (non-hydrogen) atoms. The molecule has 6 heteroatoms. The maximum absolute atomic E-state index is 13.0. The van der Waals surface area contributed by atoms with Gasteiger partial charge < -0.3 is 0 Å². The van der Waals surface area contributed by atoms with Gasteiger partial charge >= 0.3 is 0 Å². The fourth-order valence-corrected chi connectivity index (χ4v) is 5.59. The minimum Gasteiger partial charge on any atom is -0.299 e. The van der Waals surface area contributed by atoms with Crippen molar-refractivity contribution < 1.29 is 8.42 Å². The van der Waals surface area contributed by atoms with Crippen LogP contribution in [0.25, 0.3) is 10.9 Å². The van der Waals surface area contributed by atoms with Crippen molar-refractivity contribution in [2.24, 2.45) is 0 Å². The predicted octanol–water partition coefficient (Wildman–Crippen LogP) is 2.45. The Kier molecular flexibility index (Phi) is 4.06. The third kappa shape index (κ3) is 2.83. The van der Waals surface area contributed by atoms with Crippen LogP contribution in [0.4, 0.5) is 0 Å². The molecule has 0 spiro atoms. The monoisotopic (exact) mass is 345 g/mol. The smallest absolute Gasteiger partial charge is 0.243 e. The highest BCUT2D eigenvalue weighted by Gasteiger charge is 2.38. The van der Waals surface area contributed by atoms with E-state index >= 15 is 0 Å². The van der Waals surface area contributed by atoms with Gasteiger partial charge in [-0.05, 0) is 50.4 Å². The minimum atomic E-state index is -3.57. The number of pyridine rings is 1. The zero-order valence-electron chi connectivity index (χ0n) is 13.9. The number of nitrogens with zero attached hydrogens (tertiary/aromatic N) is 2. The van der Waals surface area contributed by atoms with Gasteiger partial charge in [0.05, 0.1) is 5.52 Å². The first kappa shape index (κ1) is 16.0. The molecule has 2 saturated heterocycles. The molecular formula is C18H23N3O2S. The number of aromatic nitrogens is 1. The van der Waals surface area contributed by atoms with Gasteiger partial charge in [-0.25, -0.2) is 13.1 Å². The summed E-state index contributed by atoms with van der Waals surface area (Å²) >= 11 is 0. The number of benzene rings is 1. The molecule has 0 unspecified atom stereocenters. The number of nitrogens with one attached hydrogen (secondary N) is 1. The summed E-state index contributed by atoms with van der Waals surface area (Å²) in [4.78, 5) is 7.09. The molecule has 1 aromatic heterocycles. The van der Waals surface area contributed by atoms with Crippen LogP contribution in [0.15, 0.2) is 35.4 Å². The van der Waals surface area contributed by atoms with Gasteiger partial charge in [0.25, 0.3) is 0 Å². The van der Waals surface area contributed by atoms with Crippen LogP contribution in [0.5, 0.6) is 0 Å². The topological polar surface area (TPSA) is 62.3 Å². The average Bonchev–Trinajstić information content (AvgIpc) is 2.96. The summed E-state index contributed by atoms with van der Waals surface area (Å²) in [5, 5.41) is 0.864. The van der Waals surface area contributed by atoms with E-state index in [1.807, 2.05) is 19.1 Å². The highest BCUT2D eigenvalue weighted by atomic mass is 32.2. The van der Waals surface area contributed by atoms with E-state index in [1.165, 1.54) is 12.8 Å². The Morgan fingerprint density at radius 1 is 1.21 bits per heavy atom. The van der Waals surface area contributed by atoms with Crippen LogP contribution in [0, 0.1) is 6.92 Å². The van der Waals surface area contributed by atoms with Gasteiger partial charge in [-0.2, -0.15) is 0 Å². The van der Waals surface area contributed by atoms with Crippen LogP contribution in [-0.4, -0.2) is 43.5 Å². The summed E-state index contributed by atoms with van der Waals surface area (Å²) < 4.78 is 29.0. The maximum atomic E-state index is 13.0. The number of fused-ring (bicyclic) bond motifs is 2. The Morgan fingerprint density at radius 2 is 2.08 bits per heavy atom. The molecule has 5 nitrogen and oxygen atoms in total. The normalized spacial score (nSPS) is 25.0. The van der Waals surface area contributed by atoms with Crippen LogP contribution < -0.4 is 4.72 Å². The zero-order chi connectivity index (χ0) is 16.7. The first-order valence-electron chi connectivity index (χ1n) is 8.66. The molecule has 2 atom stereocenters. The molecule has 2 aromatic rings. The van der Waals surface area contributed by atoms with Crippen molar-refractivity contribution in [2.75, 3.05) is 13.1 Å². The third-order valence-corrected chi connectivity index (χ3v) is 6.78. The Labute approximate surface area is 143 Å². The largest absolute Gasteiger partial charge is 0.299 e. The van der Waals surface area contributed by atoms with Gasteiger partial charge in [-0.3, -0.25) is 9.88 Å². The second-order valence-electron chi connectivity index (χ2n) is 6.96. The number of para-hydroxylation sites is 1. The van der Waals surface area contributed by atoms with Gasteiger partial charge in [0.2, 0.25) is 10.0 Å². The minimum absolute atomic E-state index is 0.0102. The van der Waals surface area contributed by atoms with Crippen molar-refractivity contribution in [3.63, 3.8) is 0 Å². The lowest BCUT2D eigenvalue weighted by Crippen LogP contribution is -2.46. The lowest BCUT2D eigenvalue weighted by Gasteiger charge is -2.32. The first-order chi connectivity index (χ1) is 11.5. The van der Waals surface area contributed by atoms with Gasteiger partial charge in [0, 0.05) is 30.2 Å². The maximum Gasteiger partial charge on any atom is 0.243 e. The van der Waals surface area contributed by atoms with Crippen LogP contribution in [0.2, 0.25) is 0 Å². The number of hydrogen-bond acceptors (Lipinski definition) is 4. The predicted molar refractivity (Wildman–Crippen MR) is 94.4 cm³/mol.